The maximum Gasteiger partial charge on any atom is 0.408 e. The molecule has 0 aliphatic heterocycles. The van der Waals surface area contributed by atoms with Crippen LogP contribution in [0.15, 0.2) is 17.5 Å². The normalized spacial score (nSPS) is 13.4. The van der Waals surface area contributed by atoms with E-state index in [1.165, 1.54) is 11.3 Å². The number of ether oxygens (including phenoxy) is 1. The number of hydrogen-bond donors (Lipinski definition) is 3. The number of carboxylic acid groups (broad SMARTS) is 1. The van der Waals surface area contributed by atoms with E-state index in [4.69, 9.17) is 9.84 Å². The Labute approximate surface area is 147 Å². The van der Waals surface area contributed by atoms with Crippen LogP contribution in [-0.2, 0) is 9.53 Å². The van der Waals surface area contributed by atoms with E-state index in [1.807, 2.05) is 52.1 Å². The smallest absolute Gasteiger partial charge is 0.408 e. The lowest BCUT2D eigenvalue weighted by Crippen LogP contribution is -2.47. The second kappa shape index (κ2) is 8.48. The van der Waals surface area contributed by atoms with Gasteiger partial charge in [-0.05, 0) is 59.0 Å². The molecule has 3 N–H and O–H groups in total. The summed E-state index contributed by atoms with van der Waals surface area (Å²) in [6.45, 7) is 9.86. The molecule has 1 rings (SSSR count). The van der Waals surface area contributed by atoms with Crippen LogP contribution in [0, 0.1) is 0 Å². The number of hydrogen-bond acceptors (Lipinski definition) is 5. The Bertz CT molecular complexity index is 535. The minimum absolute atomic E-state index is 0.0282. The van der Waals surface area contributed by atoms with Crippen LogP contribution in [0.4, 0.5) is 4.79 Å². The van der Waals surface area contributed by atoms with E-state index in [-0.39, 0.29) is 12.5 Å². The van der Waals surface area contributed by atoms with E-state index in [2.05, 4.69) is 10.6 Å². The molecule has 1 amide bonds. The number of alkyl carbamates (subject to hydrolysis) is 1. The molecule has 0 saturated heterocycles. The van der Waals surface area contributed by atoms with Crippen molar-refractivity contribution in [2.45, 2.75) is 64.6 Å². The molecule has 0 fully saturated rings. The van der Waals surface area contributed by atoms with Crippen LogP contribution in [0.1, 0.15) is 58.4 Å². The maximum atomic E-state index is 11.9. The van der Waals surface area contributed by atoms with Gasteiger partial charge in [-0.15, -0.1) is 11.3 Å². The zero-order chi connectivity index (χ0) is 18.4. The molecule has 0 aliphatic carbocycles. The predicted octanol–water partition coefficient (Wildman–Crippen LogP) is 3.55. The van der Waals surface area contributed by atoms with Crippen molar-refractivity contribution < 1.29 is 19.4 Å². The minimum atomic E-state index is -0.841. The molecule has 0 radical (unpaired) electrons. The number of aliphatic carboxylic acids is 1. The van der Waals surface area contributed by atoms with Crippen LogP contribution in [0.3, 0.4) is 0 Å². The average molecular weight is 356 g/mol. The van der Waals surface area contributed by atoms with Crippen molar-refractivity contribution in [1.29, 1.82) is 0 Å². The van der Waals surface area contributed by atoms with Crippen molar-refractivity contribution in [3.05, 3.63) is 22.4 Å². The van der Waals surface area contributed by atoms with Crippen molar-refractivity contribution in [2.75, 3.05) is 6.54 Å². The number of carbonyl (C=O) groups is 2. The molecular weight excluding hydrogens is 328 g/mol. The lowest BCUT2D eigenvalue weighted by atomic mass is 10.0. The zero-order valence-electron chi connectivity index (χ0n) is 15.0. The summed E-state index contributed by atoms with van der Waals surface area (Å²) in [7, 11) is 0. The van der Waals surface area contributed by atoms with Gasteiger partial charge in [-0.2, -0.15) is 0 Å². The van der Waals surface area contributed by atoms with Gasteiger partial charge in [-0.1, -0.05) is 6.07 Å². The summed E-state index contributed by atoms with van der Waals surface area (Å²) >= 11 is 1.53. The van der Waals surface area contributed by atoms with E-state index in [1.54, 1.807) is 0 Å². The lowest BCUT2D eigenvalue weighted by Gasteiger charge is -2.29. The fourth-order valence-corrected chi connectivity index (χ4v) is 2.94. The number of nitrogens with one attached hydrogen (secondary N) is 2. The Morgan fingerprint density at radius 2 is 1.96 bits per heavy atom. The summed E-state index contributed by atoms with van der Waals surface area (Å²) in [5.41, 5.74) is -0.997. The summed E-state index contributed by atoms with van der Waals surface area (Å²) < 4.78 is 5.27. The number of amides is 1. The molecule has 0 bridgehead atoms. The van der Waals surface area contributed by atoms with Crippen molar-refractivity contribution >= 4 is 23.4 Å². The highest BCUT2D eigenvalue weighted by atomic mass is 32.1. The Morgan fingerprint density at radius 3 is 2.46 bits per heavy atom. The summed E-state index contributed by atoms with van der Waals surface area (Å²) in [6, 6.07) is 3.61. The van der Waals surface area contributed by atoms with E-state index < -0.39 is 23.2 Å². The highest BCUT2D eigenvalue weighted by Crippen LogP contribution is 2.22. The monoisotopic (exact) mass is 356 g/mol. The highest BCUT2D eigenvalue weighted by Gasteiger charge is 2.25. The quantitative estimate of drug-likeness (QED) is 0.663. The fraction of sp³-hybridized carbons (Fsp3) is 0.647. The average Bonchev–Trinajstić information content (AvgIpc) is 2.86. The molecule has 0 aromatic carbocycles. The number of rotatable bonds is 8. The largest absolute Gasteiger partial charge is 0.481 e. The molecule has 1 aromatic rings. The molecule has 6 nitrogen and oxygen atoms in total. The second-order valence-electron chi connectivity index (χ2n) is 7.38. The van der Waals surface area contributed by atoms with Crippen LogP contribution in [0.25, 0.3) is 0 Å². The zero-order valence-corrected chi connectivity index (χ0v) is 15.8. The van der Waals surface area contributed by atoms with Crippen LogP contribution in [-0.4, -0.2) is 34.9 Å². The van der Waals surface area contributed by atoms with Crippen LogP contribution in [0.5, 0.6) is 0 Å². The van der Waals surface area contributed by atoms with E-state index in [0.29, 0.717) is 13.0 Å². The topological polar surface area (TPSA) is 87.7 Å². The van der Waals surface area contributed by atoms with Crippen molar-refractivity contribution in [2.24, 2.45) is 0 Å². The van der Waals surface area contributed by atoms with Crippen LogP contribution in [0.2, 0.25) is 0 Å². The van der Waals surface area contributed by atoms with Gasteiger partial charge in [0.15, 0.2) is 0 Å². The number of carboxylic acids is 1. The molecule has 1 unspecified atom stereocenters. The SMILES string of the molecule is CC(C)(CCNC(CC(=O)O)c1cccs1)NC(=O)OC(C)(C)C. The van der Waals surface area contributed by atoms with Gasteiger partial charge in [0.2, 0.25) is 0 Å². The van der Waals surface area contributed by atoms with Crippen molar-refractivity contribution in [3.8, 4) is 0 Å². The van der Waals surface area contributed by atoms with Crippen LogP contribution >= 0.6 is 11.3 Å². The van der Waals surface area contributed by atoms with Crippen LogP contribution < -0.4 is 10.6 Å². The molecule has 136 valence electrons. The van der Waals surface area contributed by atoms with Gasteiger partial charge in [0.1, 0.15) is 5.60 Å². The third-order valence-electron chi connectivity index (χ3n) is 3.25. The Morgan fingerprint density at radius 1 is 1.29 bits per heavy atom. The second-order valence-corrected chi connectivity index (χ2v) is 8.36. The molecule has 0 saturated carbocycles. The van der Waals surface area contributed by atoms with Gasteiger partial charge in [0, 0.05) is 10.4 Å². The lowest BCUT2D eigenvalue weighted by molar-refractivity contribution is -0.137. The first-order valence-corrected chi connectivity index (χ1v) is 8.86. The summed E-state index contributed by atoms with van der Waals surface area (Å²) in [4.78, 5) is 23.9. The summed E-state index contributed by atoms with van der Waals surface area (Å²) in [5.74, 6) is -0.841. The predicted molar refractivity (Wildman–Crippen MR) is 95.4 cm³/mol. The van der Waals surface area contributed by atoms with Gasteiger partial charge in [-0.3, -0.25) is 4.79 Å². The summed E-state index contributed by atoms with van der Waals surface area (Å²) in [5, 5.41) is 17.1. The van der Waals surface area contributed by atoms with Gasteiger partial charge in [-0.25, -0.2) is 4.79 Å². The van der Waals surface area contributed by atoms with Gasteiger partial charge < -0.3 is 20.5 Å². The van der Waals surface area contributed by atoms with E-state index in [0.717, 1.165) is 4.88 Å². The summed E-state index contributed by atoms with van der Waals surface area (Å²) in [6.07, 6.45) is 0.224. The molecular formula is C17H28N2O4S. The Hall–Kier alpha value is -1.60. The number of carbonyl (C=O) groups excluding carboxylic acids is 1. The van der Waals surface area contributed by atoms with Gasteiger partial charge >= 0.3 is 12.1 Å². The Kier molecular flexibility index (Phi) is 7.23. The molecule has 7 heteroatoms. The van der Waals surface area contributed by atoms with Crippen molar-refractivity contribution in [1.82, 2.24) is 10.6 Å². The van der Waals surface area contributed by atoms with Crippen molar-refractivity contribution in [3.63, 3.8) is 0 Å². The molecule has 0 spiro atoms. The fourth-order valence-electron chi connectivity index (χ4n) is 2.14. The van der Waals surface area contributed by atoms with E-state index >= 15 is 0 Å². The molecule has 24 heavy (non-hydrogen) atoms. The standard InChI is InChI=1S/C17H28N2O4S/c1-16(2,3)23-15(22)19-17(4,5)8-9-18-12(11-14(20)21)13-7-6-10-24-13/h6-7,10,12,18H,8-9,11H2,1-5H3,(H,19,22)(H,20,21). The van der Waals surface area contributed by atoms with Gasteiger partial charge in [0.05, 0.1) is 12.5 Å². The molecule has 0 aliphatic rings. The first-order valence-electron chi connectivity index (χ1n) is 7.98. The van der Waals surface area contributed by atoms with Gasteiger partial charge in [0.25, 0.3) is 0 Å². The highest BCUT2D eigenvalue weighted by molar-refractivity contribution is 7.10. The van der Waals surface area contributed by atoms with E-state index in [9.17, 15) is 9.59 Å². The Balaban J connectivity index is 2.50. The molecule has 1 atom stereocenters. The molecule has 1 aromatic heterocycles. The first-order chi connectivity index (χ1) is 11.0. The third kappa shape index (κ3) is 8.31. The molecule has 1 heterocycles. The maximum absolute atomic E-state index is 11.9. The minimum Gasteiger partial charge on any atom is -0.481 e. The number of thiophene rings is 1. The first kappa shape index (κ1) is 20.4. The third-order valence-corrected chi connectivity index (χ3v) is 4.23.